The van der Waals surface area contributed by atoms with Crippen LogP contribution < -0.4 is 4.90 Å². The Hall–Kier alpha value is -2.18. The van der Waals surface area contributed by atoms with E-state index in [1.54, 1.807) is 29.3 Å². The average molecular weight is 392 g/mol. The Labute approximate surface area is 163 Å². The van der Waals surface area contributed by atoms with Crippen LogP contribution in [-0.4, -0.2) is 46.6 Å². The number of piperazine rings is 1. The van der Waals surface area contributed by atoms with Crippen LogP contribution in [0.4, 0.5) is 10.1 Å². The predicted molar refractivity (Wildman–Crippen MR) is 103 cm³/mol. The molecular weight excluding hydrogens is 369 g/mol. The van der Waals surface area contributed by atoms with Gasteiger partial charge in [-0.15, -0.1) is 0 Å². The summed E-state index contributed by atoms with van der Waals surface area (Å²) in [4.78, 5) is 20.5. The summed E-state index contributed by atoms with van der Waals surface area (Å²) in [6.45, 7) is 3.71. The van der Waals surface area contributed by atoms with Crippen molar-refractivity contribution in [2.75, 3.05) is 24.5 Å². The number of benzene rings is 1. The van der Waals surface area contributed by atoms with E-state index in [1.165, 1.54) is 12.1 Å². The van der Waals surface area contributed by atoms with E-state index in [9.17, 15) is 14.3 Å². The first-order valence-corrected chi connectivity index (χ1v) is 9.41. The van der Waals surface area contributed by atoms with E-state index in [-0.39, 0.29) is 24.2 Å². The molecule has 0 radical (unpaired) electrons. The number of pyridine rings is 1. The van der Waals surface area contributed by atoms with Crippen molar-refractivity contribution < 1.29 is 14.3 Å². The SMILES string of the molecule is C[C@H]1CN(C(=O)CCC(O)c2ccccn2)CCN1c1cc(F)cc(Cl)c1. The molecule has 2 aromatic rings. The molecule has 1 aromatic carbocycles. The van der Waals surface area contributed by atoms with E-state index in [1.807, 2.05) is 13.0 Å². The lowest BCUT2D eigenvalue weighted by atomic mass is 10.1. The number of amides is 1. The summed E-state index contributed by atoms with van der Waals surface area (Å²) in [6, 6.07) is 9.87. The summed E-state index contributed by atoms with van der Waals surface area (Å²) in [7, 11) is 0. The summed E-state index contributed by atoms with van der Waals surface area (Å²) < 4.78 is 13.6. The van der Waals surface area contributed by atoms with E-state index < -0.39 is 6.10 Å². The van der Waals surface area contributed by atoms with Crippen molar-refractivity contribution in [2.45, 2.75) is 31.9 Å². The second-order valence-corrected chi connectivity index (χ2v) is 7.26. The molecular formula is C20H23ClFN3O2. The molecule has 1 N–H and O–H groups in total. The molecule has 1 saturated heterocycles. The lowest BCUT2D eigenvalue weighted by molar-refractivity contribution is -0.132. The first-order valence-electron chi connectivity index (χ1n) is 9.03. The van der Waals surface area contributed by atoms with Crippen LogP contribution in [0, 0.1) is 5.82 Å². The van der Waals surface area contributed by atoms with Crippen LogP contribution in [0.25, 0.3) is 0 Å². The standard InChI is InChI=1S/C20H23ClFN3O2/c1-14-13-24(8-9-25(14)17-11-15(21)10-16(22)12-17)20(27)6-5-19(26)18-4-2-3-7-23-18/h2-4,7,10-12,14,19,26H,5-6,8-9,13H2,1H3/t14-,19?/m0/s1. The Morgan fingerprint density at radius 2 is 2.19 bits per heavy atom. The predicted octanol–water partition coefficient (Wildman–Crippen LogP) is 3.43. The van der Waals surface area contributed by atoms with E-state index in [0.717, 1.165) is 5.69 Å². The first-order chi connectivity index (χ1) is 12.9. The Kier molecular flexibility index (Phi) is 6.29. The maximum atomic E-state index is 13.6. The molecule has 0 aliphatic carbocycles. The minimum atomic E-state index is -0.747. The van der Waals surface area contributed by atoms with Gasteiger partial charge in [0.05, 0.1) is 11.8 Å². The Balaban J connectivity index is 1.55. The van der Waals surface area contributed by atoms with Crippen molar-refractivity contribution in [3.63, 3.8) is 0 Å². The van der Waals surface area contributed by atoms with Crippen LogP contribution in [0.15, 0.2) is 42.6 Å². The number of aliphatic hydroxyl groups is 1. The fraction of sp³-hybridized carbons (Fsp3) is 0.400. The number of carbonyl (C=O) groups is 1. The molecule has 2 atom stereocenters. The van der Waals surface area contributed by atoms with Crippen molar-refractivity contribution in [2.24, 2.45) is 0 Å². The molecule has 2 heterocycles. The van der Waals surface area contributed by atoms with Gasteiger partial charge in [0.25, 0.3) is 0 Å². The number of aliphatic hydroxyl groups excluding tert-OH is 1. The van der Waals surface area contributed by atoms with Crippen LogP contribution in [-0.2, 0) is 4.79 Å². The van der Waals surface area contributed by atoms with E-state index in [0.29, 0.717) is 36.8 Å². The van der Waals surface area contributed by atoms with Gasteiger partial charge in [0.2, 0.25) is 5.91 Å². The number of halogens is 2. The van der Waals surface area contributed by atoms with Gasteiger partial charge in [-0.05, 0) is 43.7 Å². The quantitative estimate of drug-likeness (QED) is 0.848. The number of aromatic nitrogens is 1. The largest absolute Gasteiger partial charge is 0.387 e. The van der Waals surface area contributed by atoms with Crippen LogP contribution in [0.1, 0.15) is 31.6 Å². The van der Waals surface area contributed by atoms with Crippen molar-refractivity contribution in [3.8, 4) is 0 Å². The number of carbonyl (C=O) groups excluding carboxylic acids is 1. The summed E-state index contributed by atoms with van der Waals surface area (Å²) in [5.41, 5.74) is 1.30. The third-order valence-corrected chi connectivity index (χ3v) is 5.04. The summed E-state index contributed by atoms with van der Waals surface area (Å²) >= 11 is 5.96. The van der Waals surface area contributed by atoms with Gasteiger partial charge in [-0.25, -0.2) is 4.39 Å². The van der Waals surface area contributed by atoms with Gasteiger partial charge in [0.15, 0.2) is 0 Å². The lowest BCUT2D eigenvalue weighted by Gasteiger charge is -2.41. The van der Waals surface area contributed by atoms with Crippen LogP contribution >= 0.6 is 11.6 Å². The minimum absolute atomic E-state index is 0.00811. The highest BCUT2D eigenvalue weighted by Crippen LogP contribution is 2.26. The molecule has 0 bridgehead atoms. The van der Waals surface area contributed by atoms with E-state index in [2.05, 4.69) is 9.88 Å². The first kappa shape index (κ1) is 19.6. The van der Waals surface area contributed by atoms with Crippen LogP contribution in [0.5, 0.6) is 0 Å². The molecule has 1 aliphatic rings. The molecule has 27 heavy (non-hydrogen) atoms. The molecule has 7 heteroatoms. The van der Waals surface area contributed by atoms with Crippen LogP contribution in [0.2, 0.25) is 5.02 Å². The second-order valence-electron chi connectivity index (χ2n) is 6.82. The van der Waals surface area contributed by atoms with Gasteiger partial charge < -0.3 is 14.9 Å². The zero-order chi connectivity index (χ0) is 19.4. The Morgan fingerprint density at radius 3 is 2.85 bits per heavy atom. The normalized spacial score (nSPS) is 18.4. The molecule has 1 amide bonds. The lowest BCUT2D eigenvalue weighted by Crippen LogP contribution is -2.53. The zero-order valence-corrected chi connectivity index (χ0v) is 15.9. The highest BCUT2D eigenvalue weighted by Gasteiger charge is 2.27. The highest BCUT2D eigenvalue weighted by molar-refractivity contribution is 6.30. The van der Waals surface area contributed by atoms with Crippen LogP contribution in [0.3, 0.4) is 0 Å². The summed E-state index contributed by atoms with van der Waals surface area (Å²) in [5.74, 6) is -0.361. The fourth-order valence-electron chi connectivity index (χ4n) is 3.41. The topological polar surface area (TPSA) is 56.7 Å². The van der Waals surface area contributed by atoms with Crippen molar-refractivity contribution in [1.82, 2.24) is 9.88 Å². The molecule has 1 unspecified atom stereocenters. The van der Waals surface area contributed by atoms with Gasteiger partial charge in [0, 0.05) is 49.0 Å². The fourth-order valence-corrected chi connectivity index (χ4v) is 3.63. The molecule has 1 fully saturated rings. The van der Waals surface area contributed by atoms with Gasteiger partial charge in [-0.3, -0.25) is 9.78 Å². The number of rotatable bonds is 5. The summed E-state index contributed by atoms with van der Waals surface area (Å²) in [6.07, 6.45) is 1.48. The highest BCUT2D eigenvalue weighted by atomic mass is 35.5. The van der Waals surface area contributed by atoms with E-state index in [4.69, 9.17) is 11.6 Å². The molecule has 0 spiro atoms. The number of anilines is 1. The van der Waals surface area contributed by atoms with Crippen molar-refractivity contribution >= 4 is 23.2 Å². The number of hydrogen-bond acceptors (Lipinski definition) is 4. The molecule has 3 rings (SSSR count). The minimum Gasteiger partial charge on any atom is -0.387 e. The third-order valence-electron chi connectivity index (χ3n) is 4.82. The second kappa shape index (κ2) is 8.67. The molecule has 1 aliphatic heterocycles. The van der Waals surface area contributed by atoms with Gasteiger partial charge in [-0.2, -0.15) is 0 Å². The molecule has 0 saturated carbocycles. The number of hydrogen-bond donors (Lipinski definition) is 1. The smallest absolute Gasteiger partial charge is 0.222 e. The Bertz CT molecular complexity index is 770. The van der Waals surface area contributed by atoms with Crippen molar-refractivity contribution in [3.05, 3.63) is 59.1 Å². The molecule has 5 nitrogen and oxygen atoms in total. The maximum absolute atomic E-state index is 13.6. The Morgan fingerprint density at radius 1 is 1.37 bits per heavy atom. The monoisotopic (exact) mass is 391 g/mol. The third kappa shape index (κ3) is 4.96. The maximum Gasteiger partial charge on any atom is 0.222 e. The summed E-state index contributed by atoms with van der Waals surface area (Å²) in [5, 5.41) is 10.5. The molecule has 1 aromatic heterocycles. The van der Waals surface area contributed by atoms with Crippen molar-refractivity contribution in [1.29, 1.82) is 0 Å². The molecule has 144 valence electrons. The number of nitrogens with zero attached hydrogens (tertiary/aromatic N) is 3. The van der Waals surface area contributed by atoms with Gasteiger partial charge in [-0.1, -0.05) is 17.7 Å². The van der Waals surface area contributed by atoms with Gasteiger partial charge >= 0.3 is 0 Å². The van der Waals surface area contributed by atoms with Gasteiger partial charge in [0.1, 0.15) is 5.82 Å². The van der Waals surface area contributed by atoms with E-state index >= 15 is 0 Å². The average Bonchev–Trinajstić information content (AvgIpc) is 2.65. The zero-order valence-electron chi connectivity index (χ0n) is 15.2.